The van der Waals surface area contributed by atoms with Gasteiger partial charge in [0.2, 0.25) is 0 Å². The van der Waals surface area contributed by atoms with E-state index in [9.17, 15) is 9.67 Å². The summed E-state index contributed by atoms with van der Waals surface area (Å²) in [6, 6.07) is 4.79. The lowest BCUT2D eigenvalue weighted by Gasteiger charge is -2.24. The summed E-state index contributed by atoms with van der Waals surface area (Å²) in [4.78, 5) is 0. The van der Waals surface area contributed by atoms with Crippen molar-refractivity contribution in [2.24, 2.45) is 5.73 Å². The second kappa shape index (κ2) is 6.91. The van der Waals surface area contributed by atoms with Gasteiger partial charge < -0.3 is 24.6 Å². The number of ether oxygens (including phenoxy) is 1. The SMILES string of the molecule is CCOP(=O)(OCC)[C@@H](N)c1cccc(OC)c1O. The summed E-state index contributed by atoms with van der Waals surface area (Å²) in [5.41, 5.74) is 6.21. The first kappa shape index (κ1) is 16.0. The normalized spacial score (nSPS) is 13.3. The third-order valence-corrected chi connectivity index (χ3v) is 4.72. The smallest absolute Gasteiger partial charge is 0.351 e. The van der Waals surface area contributed by atoms with Crippen LogP contribution in [0, 0.1) is 0 Å². The molecule has 1 rings (SSSR count). The van der Waals surface area contributed by atoms with E-state index in [-0.39, 0.29) is 30.3 Å². The van der Waals surface area contributed by atoms with Crippen molar-refractivity contribution in [1.82, 2.24) is 0 Å². The van der Waals surface area contributed by atoms with Gasteiger partial charge in [-0.25, -0.2) is 0 Å². The standard InChI is InChI=1S/C12H20NO5P/c1-4-17-19(15,18-5-2)12(13)9-7-6-8-10(16-3)11(9)14/h6-8,12,14H,4-5,13H2,1-3H3/t12-/m1/s1. The number of benzene rings is 1. The van der Waals surface area contributed by atoms with Crippen LogP contribution in [0.15, 0.2) is 18.2 Å². The Morgan fingerprint density at radius 1 is 1.32 bits per heavy atom. The molecule has 0 aromatic heterocycles. The van der Waals surface area contributed by atoms with Crippen LogP contribution in [0.4, 0.5) is 0 Å². The van der Waals surface area contributed by atoms with Crippen molar-refractivity contribution in [3.8, 4) is 11.5 Å². The number of nitrogens with two attached hydrogens (primary N) is 1. The summed E-state index contributed by atoms with van der Waals surface area (Å²) in [5, 5.41) is 10.0. The second-order valence-corrected chi connectivity index (χ2v) is 5.87. The molecule has 0 fully saturated rings. The van der Waals surface area contributed by atoms with Crippen molar-refractivity contribution in [3.63, 3.8) is 0 Å². The van der Waals surface area contributed by atoms with E-state index in [1.54, 1.807) is 32.0 Å². The molecule has 0 bridgehead atoms. The Kier molecular flexibility index (Phi) is 5.82. The maximum absolute atomic E-state index is 12.5. The Morgan fingerprint density at radius 2 is 1.89 bits per heavy atom. The summed E-state index contributed by atoms with van der Waals surface area (Å²) in [5.74, 6) is -0.966. The predicted octanol–water partition coefficient (Wildman–Crippen LogP) is 2.62. The maximum Gasteiger partial charge on any atom is 0.351 e. The van der Waals surface area contributed by atoms with Gasteiger partial charge in [0, 0.05) is 5.56 Å². The fourth-order valence-corrected chi connectivity index (χ4v) is 3.34. The molecular weight excluding hydrogens is 269 g/mol. The fraction of sp³-hybridized carbons (Fsp3) is 0.500. The monoisotopic (exact) mass is 289 g/mol. The van der Waals surface area contributed by atoms with E-state index >= 15 is 0 Å². The lowest BCUT2D eigenvalue weighted by atomic mass is 10.2. The van der Waals surface area contributed by atoms with Gasteiger partial charge >= 0.3 is 7.60 Å². The maximum atomic E-state index is 12.5. The molecule has 0 spiro atoms. The molecule has 0 saturated carbocycles. The molecule has 0 aliphatic carbocycles. The zero-order valence-electron chi connectivity index (χ0n) is 11.3. The Bertz CT molecular complexity index is 455. The number of phenols is 1. The molecule has 0 amide bonds. The lowest BCUT2D eigenvalue weighted by molar-refractivity contribution is 0.211. The summed E-state index contributed by atoms with van der Waals surface area (Å²) in [6.45, 7) is 3.80. The lowest BCUT2D eigenvalue weighted by Crippen LogP contribution is -2.15. The molecule has 0 unspecified atom stereocenters. The largest absolute Gasteiger partial charge is 0.504 e. The highest BCUT2D eigenvalue weighted by Crippen LogP contribution is 2.59. The van der Waals surface area contributed by atoms with Crippen LogP contribution in [0.5, 0.6) is 11.5 Å². The molecule has 1 aromatic rings. The Balaban J connectivity index is 3.16. The van der Waals surface area contributed by atoms with Crippen LogP contribution in [0.25, 0.3) is 0 Å². The van der Waals surface area contributed by atoms with E-state index in [1.165, 1.54) is 7.11 Å². The second-order valence-electron chi connectivity index (χ2n) is 3.72. The molecule has 0 radical (unpaired) electrons. The van der Waals surface area contributed by atoms with Gasteiger partial charge in [-0.05, 0) is 19.9 Å². The van der Waals surface area contributed by atoms with E-state index in [0.717, 1.165) is 0 Å². The molecule has 7 heteroatoms. The van der Waals surface area contributed by atoms with Crippen LogP contribution in [-0.4, -0.2) is 25.4 Å². The van der Waals surface area contributed by atoms with Crippen molar-refractivity contribution in [2.75, 3.05) is 20.3 Å². The van der Waals surface area contributed by atoms with Gasteiger partial charge in [-0.15, -0.1) is 0 Å². The van der Waals surface area contributed by atoms with Crippen LogP contribution < -0.4 is 10.5 Å². The first-order chi connectivity index (χ1) is 9.00. The number of para-hydroxylation sites is 1. The summed E-state index contributed by atoms with van der Waals surface area (Å²) in [7, 11) is -2.10. The molecule has 108 valence electrons. The minimum absolute atomic E-state index is 0.155. The average Bonchev–Trinajstić information content (AvgIpc) is 2.39. The number of aromatic hydroxyl groups is 1. The molecule has 6 nitrogen and oxygen atoms in total. The number of phenolic OH excluding ortho intramolecular Hbond substituents is 1. The predicted molar refractivity (Wildman–Crippen MR) is 72.4 cm³/mol. The summed E-state index contributed by atoms with van der Waals surface area (Å²) < 4.78 is 27.9. The third kappa shape index (κ3) is 3.48. The Labute approximate surface area is 113 Å². The highest BCUT2D eigenvalue weighted by molar-refractivity contribution is 7.54. The molecule has 0 aliphatic heterocycles. The molecule has 19 heavy (non-hydrogen) atoms. The summed E-state index contributed by atoms with van der Waals surface area (Å²) in [6.07, 6.45) is 0. The zero-order valence-corrected chi connectivity index (χ0v) is 12.2. The van der Waals surface area contributed by atoms with Gasteiger partial charge in [-0.1, -0.05) is 12.1 Å². The van der Waals surface area contributed by atoms with Crippen molar-refractivity contribution in [2.45, 2.75) is 19.6 Å². The Hall–Kier alpha value is -1.07. The van der Waals surface area contributed by atoms with Gasteiger partial charge in [-0.2, -0.15) is 0 Å². The van der Waals surface area contributed by atoms with E-state index in [1.807, 2.05) is 0 Å². The molecule has 0 aliphatic rings. The van der Waals surface area contributed by atoms with Crippen molar-refractivity contribution >= 4 is 7.60 Å². The molecule has 0 saturated heterocycles. The fourth-order valence-electron chi connectivity index (χ4n) is 1.67. The van der Waals surface area contributed by atoms with Crippen LogP contribution in [0.1, 0.15) is 25.2 Å². The third-order valence-electron chi connectivity index (χ3n) is 2.53. The highest BCUT2D eigenvalue weighted by Gasteiger charge is 2.36. The number of rotatable bonds is 7. The molecule has 1 atom stereocenters. The van der Waals surface area contributed by atoms with Crippen LogP contribution in [0.3, 0.4) is 0 Å². The first-order valence-electron chi connectivity index (χ1n) is 6.00. The minimum atomic E-state index is -3.53. The first-order valence-corrected chi connectivity index (χ1v) is 7.61. The van der Waals surface area contributed by atoms with Crippen LogP contribution in [0.2, 0.25) is 0 Å². The van der Waals surface area contributed by atoms with Gasteiger partial charge in [0.1, 0.15) is 5.78 Å². The minimum Gasteiger partial charge on any atom is -0.504 e. The van der Waals surface area contributed by atoms with Crippen LogP contribution >= 0.6 is 7.60 Å². The van der Waals surface area contributed by atoms with Crippen LogP contribution in [-0.2, 0) is 13.6 Å². The van der Waals surface area contributed by atoms with Crippen molar-refractivity contribution < 1.29 is 23.5 Å². The Morgan fingerprint density at radius 3 is 2.37 bits per heavy atom. The molecular formula is C12H20NO5P. The average molecular weight is 289 g/mol. The topological polar surface area (TPSA) is 91.0 Å². The quantitative estimate of drug-likeness (QED) is 0.750. The van der Waals surface area contributed by atoms with Crippen molar-refractivity contribution in [1.29, 1.82) is 0 Å². The van der Waals surface area contributed by atoms with E-state index in [2.05, 4.69) is 0 Å². The van der Waals surface area contributed by atoms with Gasteiger partial charge in [-0.3, -0.25) is 4.57 Å². The van der Waals surface area contributed by atoms with Gasteiger partial charge in [0.15, 0.2) is 11.5 Å². The van der Waals surface area contributed by atoms with Gasteiger partial charge in [0.05, 0.1) is 20.3 Å². The van der Waals surface area contributed by atoms with E-state index in [0.29, 0.717) is 0 Å². The molecule has 1 aromatic carbocycles. The van der Waals surface area contributed by atoms with Gasteiger partial charge in [0.25, 0.3) is 0 Å². The summed E-state index contributed by atoms with van der Waals surface area (Å²) >= 11 is 0. The van der Waals surface area contributed by atoms with Crippen molar-refractivity contribution in [3.05, 3.63) is 23.8 Å². The van der Waals surface area contributed by atoms with E-state index in [4.69, 9.17) is 19.5 Å². The highest BCUT2D eigenvalue weighted by atomic mass is 31.2. The number of hydrogen-bond donors (Lipinski definition) is 2. The molecule has 0 heterocycles. The zero-order chi connectivity index (χ0) is 14.5. The number of hydrogen-bond acceptors (Lipinski definition) is 6. The number of methoxy groups -OCH3 is 1. The molecule has 3 N–H and O–H groups in total. The van der Waals surface area contributed by atoms with E-state index < -0.39 is 13.4 Å².